The molecule has 0 spiro atoms. The van der Waals surface area contributed by atoms with Crippen LogP contribution in [0.2, 0.25) is 0 Å². The number of aromatic carboxylic acids is 1. The van der Waals surface area contributed by atoms with Gasteiger partial charge in [0.25, 0.3) is 0 Å². The largest absolute Gasteiger partial charge is 0.477 e. The van der Waals surface area contributed by atoms with Crippen LogP contribution in [-0.2, 0) is 0 Å². The van der Waals surface area contributed by atoms with Crippen LogP contribution in [0, 0.1) is 0 Å². The maximum absolute atomic E-state index is 10.3. The minimum Gasteiger partial charge on any atom is -0.477 e. The first-order chi connectivity index (χ1) is 5.24. The normalized spacial score (nSPS) is 7.77. The lowest BCUT2D eigenvalue weighted by atomic mass is 10.3. The Labute approximate surface area is 87.1 Å². The Morgan fingerprint density at radius 1 is 1.46 bits per heavy atom. The van der Waals surface area contributed by atoms with E-state index in [1.165, 1.54) is 6.07 Å². The van der Waals surface area contributed by atoms with Crippen molar-refractivity contribution in [1.29, 1.82) is 0 Å². The van der Waals surface area contributed by atoms with E-state index in [1.807, 2.05) is 0 Å². The van der Waals surface area contributed by atoms with Gasteiger partial charge >= 0.3 is 5.97 Å². The number of nitrogen functional groups attached to an aromatic ring is 1. The Balaban J connectivity index is 0. The summed E-state index contributed by atoms with van der Waals surface area (Å²) in [6.45, 7) is 0. The van der Waals surface area contributed by atoms with Crippen LogP contribution in [0.5, 0.6) is 0 Å². The van der Waals surface area contributed by atoms with Gasteiger partial charge in [0.1, 0.15) is 5.82 Å². The molecule has 13 heavy (non-hydrogen) atoms. The smallest absolute Gasteiger partial charge is 0.354 e. The standard InChI is InChI=1S/C6H7N3O2.2ClH/c7-9-5-3-1-2-4(8-5)6(10)11;;/h1-3H,7H2,(H,8,9)(H,10,11);2*1H. The van der Waals surface area contributed by atoms with Gasteiger partial charge in [-0.15, -0.1) is 24.8 Å². The van der Waals surface area contributed by atoms with Gasteiger partial charge in [-0.2, -0.15) is 0 Å². The quantitative estimate of drug-likeness (QED) is 0.515. The number of rotatable bonds is 2. The summed E-state index contributed by atoms with van der Waals surface area (Å²) < 4.78 is 0. The molecule has 74 valence electrons. The van der Waals surface area contributed by atoms with E-state index in [-0.39, 0.29) is 30.5 Å². The van der Waals surface area contributed by atoms with Crippen LogP contribution in [0.25, 0.3) is 0 Å². The Morgan fingerprint density at radius 3 is 2.54 bits per heavy atom. The fraction of sp³-hybridized carbons (Fsp3) is 0. The average molecular weight is 226 g/mol. The van der Waals surface area contributed by atoms with Crippen molar-refractivity contribution >= 4 is 36.6 Å². The highest BCUT2D eigenvalue weighted by Crippen LogP contribution is 2.02. The van der Waals surface area contributed by atoms with Crippen molar-refractivity contribution in [3.05, 3.63) is 23.9 Å². The zero-order valence-corrected chi connectivity index (χ0v) is 8.06. The number of anilines is 1. The second-order valence-corrected chi connectivity index (χ2v) is 1.86. The minimum atomic E-state index is -1.07. The Hall–Kier alpha value is -1.04. The molecule has 0 aromatic carbocycles. The molecule has 4 N–H and O–H groups in total. The first-order valence-electron chi connectivity index (χ1n) is 2.91. The molecule has 1 heterocycles. The maximum atomic E-state index is 10.3. The SMILES string of the molecule is Cl.Cl.NNc1cccc(C(=O)O)n1. The summed E-state index contributed by atoms with van der Waals surface area (Å²) in [7, 11) is 0. The number of aromatic nitrogens is 1. The summed E-state index contributed by atoms with van der Waals surface area (Å²) in [4.78, 5) is 14.0. The lowest BCUT2D eigenvalue weighted by Gasteiger charge is -1.98. The van der Waals surface area contributed by atoms with Gasteiger partial charge in [-0.3, -0.25) is 0 Å². The van der Waals surface area contributed by atoms with Crippen LogP contribution in [-0.4, -0.2) is 16.1 Å². The highest BCUT2D eigenvalue weighted by Gasteiger charge is 2.02. The van der Waals surface area contributed by atoms with Crippen LogP contribution in [0.4, 0.5) is 5.82 Å². The summed E-state index contributed by atoms with van der Waals surface area (Å²) >= 11 is 0. The van der Waals surface area contributed by atoms with Crippen LogP contribution in [0.1, 0.15) is 10.5 Å². The zero-order valence-electron chi connectivity index (χ0n) is 6.43. The molecule has 7 heteroatoms. The number of carboxylic acid groups (broad SMARTS) is 1. The molecule has 1 rings (SSSR count). The van der Waals surface area contributed by atoms with Crippen molar-refractivity contribution in [3.8, 4) is 0 Å². The molecule has 0 amide bonds. The highest BCUT2D eigenvalue weighted by atomic mass is 35.5. The van der Waals surface area contributed by atoms with Crippen molar-refractivity contribution in [2.75, 3.05) is 5.43 Å². The summed E-state index contributed by atoms with van der Waals surface area (Å²) in [5, 5.41) is 8.47. The summed E-state index contributed by atoms with van der Waals surface area (Å²) in [6, 6.07) is 4.53. The van der Waals surface area contributed by atoms with E-state index < -0.39 is 5.97 Å². The van der Waals surface area contributed by atoms with Crippen molar-refractivity contribution in [2.45, 2.75) is 0 Å². The number of pyridine rings is 1. The maximum Gasteiger partial charge on any atom is 0.354 e. The third kappa shape index (κ3) is 3.93. The molecule has 0 radical (unpaired) electrons. The molecule has 0 saturated heterocycles. The number of nitrogens with zero attached hydrogens (tertiary/aromatic N) is 1. The number of hydrogen-bond acceptors (Lipinski definition) is 4. The number of carbonyl (C=O) groups is 1. The molecule has 0 aliphatic heterocycles. The van der Waals surface area contributed by atoms with E-state index in [0.717, 1.165) is 0 Å². The molecule has 0 fully saturated rings. The van der Waals surface area contributed by atoms with E-state index in [1.54, 1.807) is 12.1 Å². The Morgan fingerprint density at radius 2 is 2.08 bits per heavy atom. The van der Waals surface area contributed by atoms with Crippen molar-refractivity contribution in [3.63, 3.8) is 0 Å². The van der Waals surface area contributed by atoms with E-state index in [0.29, 0.717) is 5.82 Å². The number of carboxylic acids is 1. The average Bonchev–Trinajstić information content (AvgIpc) is 2.05. The molecular weight excluding hydrogens is 217 g/mol. The first kappa shape index (κ1) is 14.5. The van der Waals surface area contributed by atoms with Crippen molar-refractivity contribution in [1.82, 2.24) is 4.98 Å². The van der Waals surface area contributed by atoms with Crippen molar-refractivity contribution < 1.29 is 9.90 Å². The number of hydrogen-bond donors (Lipinski definition) is 3. The third-order valence-corrected chi connectivity index (χ3v) is 1.12. The fourth-order valence-corrected chi connectivity index (χ4v) is 0.634. The van der Waals surface area contributed by atoms with Gasteiger partial charge in [0.05, 0.1) is 0 Å². The number of hydrazine groups is 1. The lowest BCUT2D eigenvalue weighted by molar-refractivity contribution is 0.0690. The second-order valence-electron chi connectivity index (χ2n) is 1.86. The van der Waals surface area contributed by atoms with Gasteiger partial charge in [-0.05, 0) is 12.1 Å². The monoisotopic (exact) mass is 225 g/mol. The van der Waals surface area contributed by atoms with Gasteiger partial charge in [0, 0.05) is 0 Å². The fourth-order valence-electron chi connectivity index (χ4n) is 0.634. The van der Waals surface area contributed by atoms with E-state index >= 15 is 0 Å². The summed E-state index contributed by atoms with van der Waals surface area (Å²) in [5.74, 6) is 4.28. The number of halogens is 2. The zero-order chi connectivity index (χ0) is 8.27. The molecule has 1 aromatic heterocycles. The van der Waals surface area contributed by atoms with E-state index in [4.69, 9.17) is 10.9 Å². The molecule has 5 nitrogen and oxygen atoms in total. The molecule has 0 saturated carbocycles. The molecular formula is C6H9Cl2N3O2. The van der Waals surface area contributed by atoms with Crippen LogP contribution in [0.3, 0.4) is 0 Å². The van der Waals surface area contributed by atoms with Crippen LogP contribution in [0.15, 0.2) is 18.2 Å². The van der Waals surface area contributed by atoms with Crippen LogP contribution < -0.4 is 11.3 Å². The first-order valence-corrected chi connectivity index (χ1v) is 2.91. The molecule has 0 unspecified atom stereocenters. The van der Waals surface area contributed by atoms with Crippen LogP contribution >= 0.6 is 24.8 Å². The highest BCUT2D eigenvalue weighted by molar-refractivity contribution is 5.86. The van der Waals surface area contributed by atoms with Gasteiger partial charge in [-0.25, -0.2) is 15.6 Å². The van der Waals surface area contributed by atoms with Crippen molar-refractivity contribution in [2.24, 2.45) is 5.84 Å². The molecule has 0 aliphatic carbocycles. The summed E-state index contributed by atoms with van der Waals surface area (Å²) in [6.07, 6.45) is 0. The molecule has 1 aromatic rings. The molecule has 0 bridgehead atoms. The van der Waals surface area contributed by atoms with Gasteiger partial charge in [-0.1, -0.05) is 6.07 Å². The third-order valence-electron chi connectivity index (χ3n) is 1.12. The van der Waals surface area contributed by atoms with E-state index in [9.17, 15) is 4.79 Å². The molecule has 0 aliphatic rings. The summed E-state index contributed by atoms with van der Waals surface area (Å²) in [5.41, 5.74) is 2.22. The van der Waals surface area contributed by atoms with E-state index in [2.05, 4.69) is 10.4 Å². The number of nitrogens with two attached hydrogens (primary N) is 1. The predicted molar refractivity (Wildman–Crippen MR) is 53.5 cm³/mol. The lowest BCUT2D eigenvalue weighted by Crippen LogP contribution is -2.10. The Bertz CT molecular complexity index is 282. The minimum absolute atomic E-state index is 0. The molecule has 0 atom stereocenters. The van der Waals surface area contributed by atoms with Gasteiger partial charge < -0.3 is 10.5 Å². The predicted octanol–water partition coefficient (Wildman–Crippen LogP) is 0.909. The van der Waals surface area contributed by atoms with Gasteiger partial charge in [0.2, 0.25) is 0 Å². The van der Waals surface area contributed by atoms with Gasteiger partial charge in [0.15, 0.2) is 5.69 Å². The Kier molecular flexibility index (Phi) is 7.21. The second kappa shape index (κ2) is 6.47. The number of nitrogens with one attached hydrogen (secondary N) is 1. The topological polar surface area (TPSA) is 88.2 Å².